The number of halogens is 1. The van der Waals surface area contributed by atoms with Crippen LogP contribution < -0.4 is 10.7 Å². The Bertz CT molecular complexity index is 885. The lowest BCUT2D eigenvalue weighted by molar-refractivity contribution is -0.121. The van der Waals surface area contributed by atoms with Crippen LogP contribution in [-0.2, 0) is 4.79 Å². The molecule has 29 heavy (non-hydrogen) atoms. The highest BCUT2D eigenvalue weighted by molar-refractivity contribution is 6.30. The Balaban J connectivity index is 1.95. The Hall–Kier alpha value is -2.59. The molecule has 0 heterocycles. The molecule has 4 nitrogen and oxygen atoms in total. The van der Waals surface area contributed by atoms with E-state index in [1.54, 1.807) is 6.21 Å². The summed E-state index contributed by atoms with van der Waals surface area (Å²) in [6.45, 7) is 10.2. The smallest absolute Gasteiger partial charge is 0.262 e. The van der Waals surface area contributed by atoms with Gasteiger partial charge in [0.25, 0.3) is 5.91 Å². The lowest BCUT2D eigenvalue weighted by atomic mass is 10.0. The van der Waals surface area contributed by atoms with Crippen LogP contribution in [0.1, 0.15) is 56.7 Å². The average molecular weight is 412 g/mol. The van der Waals surface area contributed by atoms with Gasteiger partial charge in [0.05, 0.1) is 6.21 Å². The fraction of sp³-hybridized carbons (Fsp3) is 0.333. The molecular formula is C24H30ClN3O. The number of hydrogen-bond acceptors (Lipinski definition) is 3. The van der Waals surface area contributed by atoms with E-state index in [-0.39, 0.29) is 11.9 Å². The number of carbonyl (C=O) groups is 1. The number of hydrogen-bond donors (Lipinski definition) is 2. The molecule has 1 atom stereocenters. The summed E-state index contributed by atoms with van der Waals surface area (Å²) in [5, 5.41) is 8.04. The number of nitrogens with zero attached hydrogens (tertiary/aromatic N) is 1. The molecule has 2 aromatic carbocycles. The molecule has 1 amide bonds. The molecule has 0 aromatic heterocycles. The summed E-state index contributed by atoms with van der Waals surface area (Å²) in [6, 6.07) is 13.6. The minimum atomic E-state index is -0.375. The molecule has 0 bridgehead atoms. The van der Waals surface area contributed by atoms with Crippen molar-refractivity contribution in [3.05, 3.63) is 69.8 Å². The van der Waals surface area contributed by atoms with E-state index in [9.17, 15) is 4.79 Å². The monoisotopic (exact) mass is 411 g/mol. The van der Waals surface area contributed by atoms with Crippen molar-refractivity contribution in [2.24, 2.45) is 5.10 Å². The summed E-state index contributed by atoms with van der Waals surface area (Å²) < 4.78 is 0. The van der Waals surface area contributed by atoms with E-state index in [0.717, 1.165) is 22.4 Å². The van der Waals surface area contributed by atoms with E-state index < -0.39 is 0 Å². The summed E-state index contributed by atoms with van der Waals surface area (Å²) in [7, 11) is 0. The first-order valence-corrected chi connectivity index (χ1v) is 10.3. The minimum absolute atomic E-state index is 0.174. The number of anilines is 1. The van der Waals surface area contributed by atoms with Crippen LogP contribution in [0, 0.1) is 6.92 Å². The normalized spacial score (nSPS) is 13.0. The van der Waals surface area contributed by atoms with Crippen molar-refractivity contribution < 1.29 is 4.79 Å². The molecule has 154 valence electrons. The Kier molecular flexibility index (Phi) is 8.47. The Morgan fingerprint density at radius 2 is 1.86 bits per heavy atom. The summed E-state index contributed by atoms with van der Waals surface area (Å²) in [4.78, 5) is 12.5. The van der Waals surface area contributed by atoms with Gasteiger partial charge < -0.3 is 5.32 Å². The summed E-state index contributed by atoms with van der Waals surface area (Å²) in [5.41, 5.74) is 7.89. The zero-order chi connectivity index (χ0) is 21.4. The molecule has 0 saturated carbocycles. The molecule has 0 aliphatic rings. The lowest BCUT2D eigenvalue weighted by Gasteiger charge is -2.18. The van der Waals surface area contributed by atoms with Crippen molar-refractivity contribution in [3.63, 3.8) is 0 Å². The van der Waals surface area contributed by atoms with Crippen molar-refractivity contribution in [1.82, 2.24) is 5.43 Å². The van der Waals surface area contributed by atoms with Gasteiger partial charge in [0.15, 0.2) is 0 Å². The van der Waals surface area contributed by atoms with Crippen LogP contribution in [0.25, 0.3) is 6.08 Å². The Labute approximate surface area is 179 Å². The van der Waals surface area contributed by atoms with Crippen molar-refractivity contribution in [2.45, 2.75) is 53.0 Å². The molecular weight excluding hydrogens is 382 g/mol. The van der Waals surface area contributed by atoms with Gasteiger partial charge in [0, 0.05) is 10.7 Å². The SMILES string of the molecule is CCC(Nc1ccc(Cl)cc1C)C(=O)N/N=C/C(C)=C\c1ccc(C(C)C)cc1. The van der Waals surface area contributed by atoms with Gasteiger partial charge in [0.2, 0.25) is 0 Å². The maximum Gasteiger partial charge on any atom is 0.262 e. The van der Waals surface area contributed by atoms with E-state index in [2.05, 4.69) is 54.0 Å². The fourth-order valence-electron chi connectivity index (χ4n) is 2.88. The largest absolute Gasteiger partial charge is 0.373 e. The number of aryl methyl sites for hydroxylation is 1. The highest BCUT2D eigenvalue weighted by Crippen LogP contribution is 2.21. The van der Waals surface area contributed by atoms with E-state index in [1.807, 2.05) is 45.0 Å². The Morgan fingerprint density at radius 1 is 1.17 bits per heavy atom. The number of nitrogens with one attached hydrogen (secondary N) is 2. The van der Waals surface area contributed by atoms with E-state index in [4.69, 9.17) is 11.6 Å². The molecule has 0 saturated heterocycles. The quantitative estimate of drug-likeness (QED) is 0.403. The molecule has 0 spiro atoms. The van der Waals surface area contributed by atoms with Gasteiger partial charge in [-0.25, -0.2) is 5.43 Å². The van der Waals surface area contributed by atoms with E-state index >= 15 is 0 Å². The predicted molar refractivity (Wildman–Crippen MR) is 125 cm³/mol. The first kappa shape index (κ1) is 22.7. The van der Waals surface area contributed by atoms with Crippen LogP contribution in [0.2, 0.25) is 5.02 Å². The average Bonchev–Trinajstić information content (AvgIpc) is 2.67. The Morgan fingerprint density at radius 3 is 2.45 bits per heavy atom. The highest BCUT2D eigenvalue weighted by Gasteiger charge is 2.16. The van der Waals surface area contributed by atoms with Crippen LogP contribution >= 0.6 is 11.6 Å². The summed E-state index contributed by atoms with van der Waals surface area (Å²) in [6.07, 6.45) is 4.33. The summed E-state index contributed by atoms with van der Waals surface area (Å²) >= 11 is 6.00. The van der Waals surface area contributed by atoms with Crippen molar-refractivity contribution in [3.8, 4) is 0 Å². The topological polar surface area (TPSA) is 53.5 Å². The first-order chi connectivity index (χ1) is 13.8. The van der Waals surface area contributed by atoms with Crippen molar-refractivity contribution in [1.29, 1.82) is 0 Å². The number of benzene rings is 2. The zero-order valence-electron chi connectivity index (χ0n) is 17.8. The molecule has 0 aliphatic heterocycles. The highest BCUT2D eigenvalue weighted by atomic mass is 35.5. The first-order valence-electron chi connectivity index (χ1n) is 9.94. The molecule has 2 N–H and O–H groups in total. The van der Waals surface area contributed by atoms with Crippen molar-refractivity contribution in [2.75, 3.05) is 5.32 Å². The molecule has 2 aromatic rings. The molecule has 0 radical (unpaired) electrons. The van der Waals surface area contributed by atoms with Gasteiger partial charge >= 0.3 is 0 Å². The maximum atomic E-state index is 12.5. The molecule has 0 aliphatic carbocycles. The molecule has 2 rings (SSSR count). The van der Waals surface area contributed by atoms with E-state index in [1.165, 1.54) is 5.56 Å². The van der Waals surface area contributed by atoms with Gasteiger partial charge in [-0.05, 0) is 66.6 Å². The second-order valence-corrected chi connectivity index (χ2v) is 7.94. The number of amides is 1. The maximum absolute atomic E-state index is 12.5. The van der Waals surface area contributed by atoms with Crippen LogP contribution in [0.5, 0.6) is 0 Å². The number of rotatable bonds is 8. The molecule has 1 unspecified atom stereocenters. The molecule has 0 fully saturated rings. The number of hydrazone groups is 1. The zero-order valence-corrected chi connectivity index (χ0v) is 18.5. The van der Waals surface area contributed by atoms with Crippen molar-refractivity contribution >= 4 is 35.5 Å². The third-order valence-corrected chi connectivity index (χ3v) is 4.92. The lowest BCUT2D eigenvalue weighted by Crippen LogP contribution is -2.37. The third kappa shape index (κ3) is 7.06. The van der Waals surface area contributed by atoms with Gasteiger partial charge in [0.1, 0.15) is 6.04 Å². The van der Waals surface area contributed by atoms with E-state index in [0.29, 0.717) is 17.4 Å². The van der Waals surface area contributed by atoms with Gasteiger partial charge in [-0.1, -0.05) is 62.7 Å². The second kappa shape index (κ2) is 10.8. The second-order valence-electron chi connectivity index (χ2n) is 7.51. The summed E-state index contributed by atoms with van der Waals surface area (Å²) in [5.74, 6) is 0.342. The van der Waals surface area contributed by atoms with Gasteiger partial charge in [-0.2, -0.15) is 5.10 Å². The number of carbonyl (C=O) groups excluding carboxylic acids is 1. The van der Waals surface area contributed by atoms with Crippen LogP contribution in [0.4, 0.5) is 5.69 Å². The fourth-order valence-corrected chi connectivity index (χ4v) is 3.11. The minimum Gasteiger partial charge on any atom is -0.373 e. The standard InChI is InChI=1S/C24H30ClN3O/c1-6-22(27-23-12-11-21(25)14-18(23)5)24(29)28-26-15-17(4)13-19-7-9-20(10-8-19)16(2)3/h7-16,22,27H,6H2,1-5H3,(H,28,29)/b17-13-,26-15+. The predicted octanol–water partition coefficient (Wildman–Crippen LogP) is 6.17. The van der Waals surface area contributed by atoms with Crippen LogP contribution in [-0.4, -0.2) is 18.2 Å². The molecule has 5 heteroatoms. The van der Waals surface area contributed by atoms with Crippen LogP contribution in [0.3, 0.4) is 0 Å². The third-order valence-electron chi connectivity index (χ3n) is 4.68. The number of allylic oxidation sites excluding steroid dienone is 1. The van der Waals surface area contributed by atoms with Gasteiger partial charge in [-0.3, -0.25) is 4.79 Å². The van der Waals surface area contributed by atoms with Crippen LogP contribution in [0.15, 0.2) is 53.1 Å². The van der Waals surface area contributed by atoms with Gasteiger partial charge in [-0.15, -0.1) is 0 Å².